The van der Waals surface area contributed by atoms with Gasteiger partial charge in [0.25, 0.3) is 5.91 Å². The van der Waals surface area contributed by atoms with Gasteiger partial charge < -0.3 is 10.6 Å². The monoisotopic (exact) mass is 266 g/mol. The first-order valence-corrected chi connectivity index (χ1v) is 6.60. The van der Waals surface area contributed by atoms with Gasteiger partial charge >= 0.3 is 0 Å². The average molecular weight is 266 g/mol. The molecule has 0 aliphatic carbocycles. The first-order valence-electron chi connectivity index (χ1n) is 6.60. The van der Waals surface area contributed by atoms with Crippen LogP contribution in [0.25, 0.3) is 0 Å². The van der Waals surface area contributed by atoms with E-state index in [4.69, 9.17) is 5.73 Å². The van der Waals surface area contributed by atoms with Crippen molar-refractivity contribution in [1.82, 2.24) is 4.90 Å². The second-order valence-electron chi connectivity index (χ2n) is 5.41. The molecule has 0 aliphatic heterocycles. The SMILES string of the molecule is Cc1ccc(C(=O)N(C)CCC(N)C(C)C)c(F)c1. The second-order valence-corrected chi connectivity index (χ2v) is 5.41. The van der Waals surface area contributed by atoms with Crippen LogP contribution in [0.3, 0.4) is 0 Å². The number of carbonyl (C=O) groups excluding carboxylic acids is 1. The largest absolute Gasteiger partial charge is 0.342 e. The zero-order valence-corrected chi connectivity index (χ0v) is 12.1. The lowest BCUT2D eigenvalue weighted by atomic mass is 10.0. The second kappa shape index (κ2) is 6.66. The van der Waals surface area contributed by atoms with Gasteiger partial charge in [0.15, 0.2) is 0 Å². The van der Waals surface area contributed by atoms with Crippen molar-refractivity contribution in [3.63, 3.8) is 0 Å². The molecule has 4 heteroatoms. The summed E-state index contributed by atoms with van der Waals surface area (Å²) in [5.74, 6) is -0.391. The predicted molar refractivity (Wildman–Crippen MR) is 75.5 cm³/mol. The summed E-state index contributed by atoms with van der Waals surface area (Å²) in [5, 5.41) is 0. The number of nitrogens with two attached hydrogens (primary N) is 1. The molecule has 0 fully saturated rings. The zero-order chi connectivity index (χ0) is 14.6. The lowest BCUT2D eigenvalue weighted by molar-refractivity contribution is 0.0784. The Hall–Kier alpha value is -1.42. The first kappa shape index (κ1) is 15.6. The molecule has 0 aliphatic rings. The van der Waals surface area contributed by atoms with Crippen molar-refractivity contribution in [1.29, 1.82) is 0 Å². The number of nitrogens with zero attached hydrogens (tertiary/aromatic N) is 1. The number of aryl methyl sites for hydroxylation is 1. The predicted octanol–water partition coefficient (Wildman–Crippen LogP) is 2.58. The summed E-state index contributed by atoms with van der Waals surface area (Å²) >= 11 is 0. The van der Waals surface area contributed by atoms with Crippen molar-refractivity contribution < 1.29 is 9.18 Å². The molecular formula is C15H23FN2O. The van der Waals surface area contributed by atoms with Crippen LogP contribution in [0.15, 0.2) is 18.2 Å². The van der Waals surface area contributed by atoms with Gasteiger partial charge in [-0.25, -0.2) is 4.39 Å². The molecule has 0 saturated heterocycles. The van der Waals surface area contributed by atoms with E-state index in [-0.39, 0.29) is 17.5 Å². The quantitative estimate of drug-likeness (QED) is 0.890. The van der Waals surface area contributed by atoms with Crippen molar-refractivity contribution in [2.24, 2.45) is 11.7 Å². The number of benzene rings is 1. The van der Waals surface area contributed by atoms with Crippen LogP contribution in [0.2, 0.25) is 0 Å². The minimum atomic E-state index is -0.468. The van der Waals surface area contributed by atoms with Gasteiger partial charge in [0.1, 0.15) is 5.82 Å². The third-order valence-corrected chi connectivity index (χ3v) is 3.36. The summed E-state index contributed by atoms with van der Waals surface area (Å²) in [4.78, 5) is 13.6. The maximum atomic E-state index is 13.7. The molecule has 0 aromatic heterocycles. The Morgan fingerprint density at radius 3 is 2.58 bits per heavy atom. The Labute approximate surface area is 114 Å². The molecule has 3 nitrogen and oxygen atoms in total. The van der Waals surface area contributed by atoms with Crippen molar-refractivity contribution in [2.45, 2.75) is 33.2 Å². The normalized spacial score (nSPS) is 12.6. The van der Waals surface area contributed by atoms with Crippen molar-refractivity contribution in [3.05, 3.63) is 35.1 Å². The molecule has 1 atom stereocenters. The van der Waals surface area contributed by atoms with Gasteiger partial charge in [0, 0.05) is 19.6 Å². The molecule has 0 radical (unpaired) electrons. The summed E-state index contributed by atoms with van der Waals surface area (Å²) in [5.41, 5.74) is 6.86. The van der Waals surface area contributed by atoms with Crippen LogP contribution < -0.4 is 5.73 Å². The third-order valence-electron chi connectivity index (χ3n) is 3.36. The number of rotatable bonds is 5. The van der Waals surface area contributed by atoms with Crippen molar-refractivity contribution in [3.8, 4) is 0 Å². The molecule has 0 saturated carbocycles. The van der Waals surface area contributed by atoms with Crippen LogP contribution in [0.1, 0.15) is 36.2 Å². The molecule has 19 heavy (non-hydrogen) atoms. The lowest BCUT2D eigenvalue weighted by Gasteiger charge is -2.21. The fourth-order valence-corrected chi connectivity index (χ4v) is 1.78. The Kier molecular flexibility index (Phi) is 5.48. The lowest BCUT2D eigenvalue weighted by Crippen LogP contribution is -2.35. The highest BCUT2D eigenvalue weighted by molar-refractivity contribution is 5.94. The molecule has 0 heterocycles. The molecule has 1 unspecified atom stereocenters. The van der Waals surface area contributed by atoms with Crippen LogP contribution in [0.4, 0.5) is 4.39 Å². The number of halogens is 1. The van der Waals surface area contributed by atoms with E-state index in [1.54, 1.807) is 20.0 Å². The fraction of sp³-hybridized carbons (Fsp3) is 0.533. The summed E-state index contributed by atoms with van der Waals surface area (Å²) in [6.45, 7) is 6.42. The Morgan fingerprint density at radius 2 is 2.05 bits per heavy atom. The van der Waals surface area contributed by atoms with Gasteiger partial charge in [-0.2, -0.15) is 0 Å². The maximum absolute atomic E-state index is 13.7. The highest BCUT2D eigenvalue weighted by atomic mass is 19.1. The van der Waals surface area contributed by atoms with Crippen LogP contribution in [-0.2, 0) is 0 Å². The smallest absolute Gasteiger partial charge is 0.256 e. The third kappa shape index (κ3) is 4.31. The number of amides is 1. The molecule has 1 aromatic rings. The topological polar surface area (TPSA) is 46.3 Å². The average Bonchev–Trinajstić information content (AvgIpc) is 2.34. The van der Waals surface area contributed by atoms with Crippen LogP contribution in [-0.4, -0.2) is 30.4 Å². The van der Waals surface area contributed by atoms with Gasteiger partial charge in [-0.05, 0) is 37.0 Å². The van der Waals surface area contributed by atoms with Crippen molar-refractivity contribution in [2.75, 3.05) is 13.6 Å². The number of hydrogen-bond donors (Lipinski definition) is 1. The summed E-state index contributed by atoms with van der Waals surface area (Å²) in [6.07, 6.45) is 0.716. The number of carbonyl (C=O) groups is 1. The van der Waals surface area contributed by atoms with Crippen LogP contribution >= 0.6 is 0 Å². The first-order chi connectivity index (χ1) is 8.82. The van der Waals surface area contributed by atoms with Gasteiger partial charge in [-0.3, -0.25) is 4.79 Å². The minimum Gasteiger partial charge on any atom is -0.342 e. The van der Waals surface area contributed by atoms with E-state index >= 15 is 0 Å². The summed E-state index contributed by atoms with van der Waals surface area (Å²) in [7, 11) is 1.68. The van der Waals surface area contributed by atoms with Crippen LogP contribution in [0.5, 0.6) is 0 Å². The Morgan fingerprint density at radius 1 is 1.42 bits per heavy atom. The van der Waals surface area contributed by atoms with E-state index in [9.17, 15) is 9.18 Å². The van der Waals surface area contributed by atoms with E-state index in [0.717, 1.165) is 5.56 Å². The molecule has 0 spiro atoms. The molecular weight excluding hydrogens is 243 g/mol. The van der Waals surface area contributed by atoms with E-state index in [2.05, 4.69) is 0 Å². The molecule has 1 rings (SSSR count). The minimum absolute atomic E-state index is 0.0538. The van der Waals surface area contributed by atoms with Gasteiger partial charge in [-0.15, -0.1) is 0 Å². The Bertz CT molecular complexity index is 446. The molecule has 1 amide bonds. The molecule has 1 aromatic carbocycles. The van der Waals surface area contributed by atoms with E-state index in [1.807, 2.05) is 13.8 Å². The highest BCUT2D eigenvalue weighted by Crippen LogP contribution is 2.13. The highest BCUT2D eigenvalue weighted by Gasteiger charge is 2.17. The maximum Gasteiger partial charge on any atom is 0.256 e. The Balaban J connectivity index is 2.66. The number of hydrogen-bond acceptors (Lipinski definition) is 2. The summed E-state index contributed by atoms with van der Waals surface area (Å²) < 4.78 is 13.7. The van der Waals surface area contributed by atoms with E-state index < -0.39 is 5.82 Å². The van der Waals surface area contributed by atoms with Gasteiger partial charge in [0.2, 0.25) is 0 Å². The molecule has 2 N–H and O–H groups in total. The zero-order valence-electron chi connectivity index (χ0n) is 12.1. The standard InChI is InChI=1S/C15H23FN2O/c1-10(2)14(17)7-8-18(4)15(19)12-6-5-11(3)9-13(12)16/h5-6,9-10,14H,7-8,17H2,1-4H3. The van der Waals surface area contributed by atoms with Crippen molar-refractivity contribution >= 4 is 5.91 Å². The van der Waals surface area contributed by atoms with Crippen LogP contribution in [0, 0.1) is 18.7 Å². The van der Waals surface area contributed by atoms with E-state index in [0.29, 0.717) is 18.9 Å². The van der Waals surface area contributed by atoms with Gasteiger partial charge in [0.05, 0.1) is 5.56 Å². The van der Waals surface area contributed by atoms with Gasteiger partial charge in [-0.1, -0.05) is 19.9 Å². The fourth-order valence-electron chi connectivity index (χ4n) is 1.78. The molecule has 106 valence electrons. The molecule has 0 bridgehead atoms. The van der Waals surface area contributed by atoms with E-state index in [1.165, 1.54) is 17.0 Å². The summed E-state index contributed by atoms with van der Waals surface area (Å²) in [6, 6.07) is 4.70.